The van der Waals surface area contributed by atoms with Gasteiger partial charge < -0.3 is 10.2 Å². The molecular formula is C26H26FN3O2. The van der Waals surface area contributed by atoms with E-state index in [4.69, 9.17) is 0 Å². The lowest BCUT2D eigenvalue weighted by Crippen LogP contribution is -2.38. The molecule has 0 aliphatic carbocycles. The van der Waals surface area contributed by atoms with Gasteiger partial charge in [0.1, 0.15) is 5.82 Å². The molecule has 1 saturated heterocycles. The summed E-state index contributed by atoms with van der Waals surface area (Å²) in [6.07, 6.45) is 1.48. The predicted molar refractivity (Wildman–Crippen MR) is 121 cm³/mol. The molecule has 0 radical (unpaired) electrons. The van der Waals surface area contributed by atoms with Crippen molar-refractivity contribution in [3.63, 3.8) is 0 Å². The second-order valence-electron chi connectivity index (χ2n) is 8.09. The fourth-order valence-electron chi connectivity index (χ4n) is 4.11. The molecule has 2 amide bonds. The van der Waals surface area contributed by atoms with E-state index in [0.717, 1.165) is 24.2 Å². The van der Waals surface area contributed by atoms with Gasteiger partial charge >= 0.3 is 0 Å². The number of piperidine rings is 1. The number of likely N-dealkylation sites (tertiary alicyclic amines) is 1. The SMILES string of the molecule is Cc1ccc(C(=O)NCc2ccccc2F)c(C2CCN(C(=O)c3ccccc3)CC2)n1. The summed E-state index contributed by atoms with van der Waals surface area (Å²) in [5, 5.41) is 2.82. The number of benzene rings is 2. The Bertz CT molecular complexity index is 1110. The van der Waals surface area contributed by atoms with Crippen LogP contribution in [0.25, 0.3) is 0 Å². The predicted octanol–water partition coefficient (Wildman–Crippen LogP) is 4.48. The second-order valence-corrected chi connectivity index (χ2v) is 8.09. The smallest absolute Gasteiger partial charge is 0.253 e. The normalized spacial score (nSPS) is 14.2. The van der Waals surface area contributed by atoms with Crippen molar-refractivity contribution in [1.82, 2.24) is 15.2 Å². The van der Waals surface area contributed by atoms with Crippen LogP contribution in [-0.2, 0) is 6.54 Å². The van der Waals surface area contributed by atoms with Crippen molar-refractivity contribution in [2.24, 2.45) is 0 Å². The molecule has 0 bridgehead atoms. The molecule has 164 valence electrons. The van der Waals surface area contributed by atoms with Crippen molar-refractivity contribution >= 4 is 11.8 Å². The van der Waals surface area contributed by atoms with Crippen LogP contribution in [-0.4, -0.2) is 34.8 Å². The van der Waals surface area contributed by atoms with Gasteiger partial charge in [-0.1, -0.05) is 36.4 Å². The van der Waals surface area contributed by atoms with Crippen LogP contribution in [0.1, 0.15) is 56.4 Å². The number of nitrogens with zero attached hydrogens (tertiary/aromatic N) is 2. The van der Waals surface area contributed by atoms with E-state index >= 15 is 0 Å². The Morgan fingerprint density at radius 1 is 1.00 bits per heavy atom. The monoisotopic (exact) mass is 431 g/mol. The van der Waals surface area contributed by atoms with E-state index in [1.54, 1.807) is 24.3 Å². The van der Waals surface area contributed by atoms with Crippen LogP contribution in [0.2, 0.25) is 0 Å². The molecule has 0 saturated carbocycles. The van der Waals surface area contributed by atoms with Gasteiger partial charge in [0.25, 0.3) is 11.8 Å². The average Bonchev–Trinajstić information content (AvgIpc) is 2.83. The van der Waals surface area contributed by atoms with E-state index < -0.39 is 0 Å². The van der Waals surface area contributed by atoms with E-state index in [0.29, 0.717) is 29.8 Å². The van der Waals surface area contributed by atoms with Gasteiger partial charge in [-0.25, -0.2) is 4.39 Å². The molecule has 0 spiro atoms. The zero-order valence-electron chi connectivity index (χ0n) is 18.1. The zero-order chi connectivity index (χ0) is 22.5. The van der Waals surface area contributed by atoms with Crippen molar-refractivity contribution in [1.29, 1.82) is 0 Å². The minimum absolute atomic E-state index is 0.0316. The van der Waals surface area contributed by atoms with E-state index in [9.17, 15) is 14.0 Å². The average molecular weight is 432 g/mol. The summed E-state index contributed by atoms with van der Waals surface area (Å²) in [6.45, 7) is 3.25. The molecule has 2 aromatic carbocycles. The number of amides is 2. The summed E-state index contributed by atoms with van der Waals surface area (Å²) < 4.78 is 13.9. The summed E-state index contributed by atoms with van der Waals surface area (Å²) in [6, 6.07) is 19.3. The van der Waals surface area contributed by atoms with Crippen LogP contribution in [0.3, 0.4) is 0 Å². The molecule has 0 atom stereocenters. The standard InChI is InChI=1S/C26H26FN3O2/c1-18-11-12-22(25(31)28-17-21-9-5-6-10-23(21)27)24(29-18)19-13-15-30(16-14-19)26(32)20-7-3-2-4-8-20/h2-12,19H,13-17H2,1H3,(H,28,31). The molecule has 2 heterocycles. The maximum atomic E-state index is 13.9. The number of aryl methyl sites for hydroxylation is 1. The summed E-state index contributed by atoms with van der Waals surface area (Å²) in [4.78, 5) is 32.2. The molecule has 0 unspecified atom stereocenters. The van der Waals surface area contributed by atoms with Crippen molar-refractivity contribution in [3.8, 4) is 0 Å². The number of carbonyl (C=O) groups is 2. The molecule has 1 fully saturated rings. The lowest BCUT2D eigenvalue weighted by molar-refractivity contribution is 0.0710. The minimum Gasteiger partial charge on any atom is -0.348 e. The number of pyridine rings is 1. The Morgan fingerprint density at radius 2 is 1.69 bits per heavy atom. The fraction of sp³-hybridized carbons (Fsp3) is 0.269. The van der Waals surface area contributed by atoms with Gasteiger partial charge in [-0.05, 0) is 50.1 Å². The van der Waals surface area contributed by atoms with Crippen molar-refractivity contribution in [2.45, 2.75) is 32.2 Å². The first-order chi connectivity index (χ1) is 15.5. The molecule has 5 nitrogen and oxygen atoms in total. The van der Waals surface area contributed by atoms with Crippen LogP contribution in [0, 0.1) is 12.7 Å². The van der Waals surface area contributed by atoms with E-state index in [-0.39, 0.29) is 30.1 Å². The summed E-state index contributed by atoms with van der Waals surface area (Å²) >= 11 is 0. The van der Waals surface area contributed by atoms with Gasteiger partial charge in [0.2, 0.25) is 0 Å². The highest BCUT2D eigenvalue weighted by Crippen LogP contribution is 2.30. The zero-order valence-corrected chi connectivity index (χ0v) is 18.1. The van der Waals surface area contributed by atoms with Gasteiger partial charge in [0.05, 0.1) is 11.3 Å². The number of hydrogen-bond acceptors (Lipinski definition) is 3. The molecule has 3 aromatic rings. The van der Waals surface area contributed by atoms with Gasteiger partial charge in [-0.3, -0.25) is 14.6 Å². The van der Waals surface area contributed by atoms with E-state index in [1.165, 1.54) is 6.07 Å². The van der Waals surface area contributed by atoms with Crippen LogP contribution in [0.4, 0.5) is 4.39 Å². The highest BCUT2D eigenvalue weighted by molar-refractivity contribution is 5.95. The summed E-state index contributed by atoms with van der Waals surface area (Å²) in [7, 11) is 0. The lowest BCUT2D eigenvalue weighted by atomic mass is 9.89. The number of carbonyl (C=O) groups excluding carboxylic acids is 2. The third-order valence-corrected chi connectivity index (χ3v) is 5.90. The van der Waals surface area contributed by atoms with E-state index in [1.807, 2.05) is 48.2 Å². The van der Waals surface area contributed by atoms with Crippen LogP contribution < -0.4 is 5.32 Å². The molecule has 1 aromatic heterocycles. The van der Waals surface area contributed by atoms with Gasteiger partial charge in [-0.15, -0.1) is 0 Å². The number of halogens is 1. The summed E-state index contributed by atoms with van der Waals surface area (Å²) in [5.41, 5.74) is 3.24. The topological polar surface area (TPSA) is 62.3 Å². The van der Waals surface area contributed by atoms with Crippen molar-refractivity contribution in [3.05, 3.63) is 101 Å². The Hall–Kier alpha value is -3.54. The third-order valence-electron chi connectivity index (χ3n) is 5.90. The quantitative estimate of drug-likeness (QED) is 0.648. The molecule has 4 rings (SSSR count). The first-order valence-electron chi connectivity index (χ1n) is 10.9. The van der Waals surface area contributed by atoms with Crippen LogP contribution >= 0.6 is 0 Å². The number of rotatable bonds is 5. The van der Waals surface area contributed by atoms with Crippen molar-refractivity contribution in [2.75, 3.05) is 13.1 Å². The Balaban J connectivity index is 1.45. The molecular weight excluding hydrogens is 405 g/mol. The van der Waals surface area contributed by atoms with Crippen LogP contribution in [0.5, 0.6) is 0 Å². The lowest BCUT2D eigenvalue weighted by Gasteiger charge is -2.32. The highest BCUT2D eigenvalue weighted by atomic mass is 19.1. The molecule has 1 aliphatic rings. The van der Waals surface area contributed by atoms with Gasteiger partial charge in [0.15, 0.2) is 0 Å². The molecule has 32 heavy (non-hydrogen) atoms. The maximum absolute atomic E-state index is 13.9. The number of nitrogens with one attached hydrogen (secondary N) is 1. The van der Waals surface area contributed by atoms with Crippen molar-refractivity contribution < 1.29 is 14.0 Å². The number of hydrogen-bond donors (Lipinski definition) is 1. The summed E-state index contributed by atoms with van der Waals surface area (Å²) in [5.74, 6) is -0.489. The molecule has 1 N–H and O–H groups in total. The van der Waals surface area contributed by atoms with E-state index in [2.05, 4.69) is 10.3 Å². The third kappa shape index (κ3) is 4.85. The first-order valence-corrected chi connectivity index (χ1v) is 10.9. The largest absolute Gasteiger partial charge is 0.348 e. The Morgan fingerprint density at radius 3 is 2.41 bits per heavy atom. The van der Waals surface area contributed by atoms with Crippen LogP contribution in [0.15, 0.2) is 66.7 Å². The molecule has 6 heteroatoms. The Kier molecular flexibility index (Phi) is 6.59. The maximum Gasteiger partial charge on any atom is 0.253 e. The highest BCUT2D eigenvalue weighted by Gasteiger charge is 2.28. The minimum atomic E-state index is -0.342. The molecule has 1 aliphatic heterocycles. The first kappa shape index (κ1) is 21.7. The second kappa shape index (κ2) is 9.73. The Labute approximate surface area is 187 Å². The van der Waals surface area contributed by atoms with Gasteiger partial charge in [0, 0.05) is 42.4 Å². The van der Waals surface area contributed by atoms with Gasteiger partial charge in [-0.2, -0.15) is 0 Å². The fourth-order valence-corrected chi connectivity index (χ4v) is 4.11. The number of aromatic nitrogens is 1.